The molecule has 0 aromatic carbocycles. The Hall–Kier alpha value is -0.430. The van der Waals surface area contributed by atoms with E-state index < -0.39 is 10.0 Å². The van der Waals surface area contributed by atoms with Gasteiger partial charge < -0.3 is 0 Å². The minimum atomic E-state index is -3.31. The molecule has 0 bridgehead atoms. The van der Waals surface area contributed by atoms with E-state index in [1.807, 2.05) is 13.0 Å². The summed E-state index contributed by atoms with van der Waals surface area (Å²) in [6, 6.07) is 5.17. The van der Waals surface area contributed by atoms with Crippen molar-refractivity contribution in [1.29, 1.82) is 0 Å². The van der Waals surface area contributed by atoms with Crippen LogP contribution in [0.15, 0.2) is 16.3 Å². The first-order valence-electron chi connectivity index (χ1n) is 8.23. The SMILES string of the molecule is Cc1ccc(S(=O)(=O)N2CCC[C@H](N3[C@H](C)CC[C@H]3C)C2)s1. The van der Waals surface area contributed by atoms with E-state index in [2.05, 4.69) is 18.7 Å². The summed E-state index contributed by atoms with van der Waals surface area (Å²) < 4.78 is 27.9. The zero-order valence-corrected chi connectivity index (χ0v) is 15.3. The molecule has 2 aliphatic rings. The topological polar surface area (TPSA) is 40.6 Å². The Balaban J connectivity index is 1.78. The molecule has 0 radical (unpaired) electrons. The normalized spacial score (nSPS) is 31.7. The van der Waals surface area contributed by atoms with Crippen molar-refractivity contribution < 1.29 is 8.42 Å². The summed E-state index contributed by atoms with van der Waals surface area (Å²) in [7, 11) is -3.31. The zero-order chi connectivity index (χ0) is 15.9. The van der Waals surface area contributed by atoms with Crippen LogP contribution in [0, 0.1) is 6.92 Å². The summed E-state index contributed by atoms with van der Waals surface area (Å²) in [6.07, 6.45) is 4.54. The van der Waals surface area contributed by atoms with Gasteiger partial charge in [-0.25, -0.2) is 8.42 Å². The molecule has 3 heterocycles. The van der Waals surface area contributed by atoms with Gasteiger partial charge in [0.15, 0.2) is 0 Å². The van der Waals surface area contributed by atoms with E-state index in [4.69, 9.17) is 0 Å². The van der Waals surface area contributed by atoms with Gasteiger partial charge in [-0.1, -0.05) is 0 Å². The van der Waals surface area contributed by atoms with Gasteiger partial charge in [-0.15, -0.1) is 11.3 Å². The number of aryl methyl sites for hydroxylation is 1. The predicted molar refractivity (Wildman–Crippen MR) is 90.8 cm³/mol. The molecule has 0 unspecified atom stereocenters. The van der Waals surface area contributed by atoms with Crippen LogP contribution in [0.2, 0.25) is 0 Å². The third kappa shape index (κ3) is 2.98. The van der Waals surface area contributed by atoms with E-state index in [1.54, 1.807) is 10.4 Å². The van der Waals surface area contributed by atoms with E-state index in [0.717, 1.165) is 17.7 Å². The molecule has 0 N–H and O–H groups in total. The number of likely N-dealkylation sites (tertiary alicyclic amines) is 1. The van der Waals surface area contributed by atoms with Crippen LogP contribution in [0.1, 0.15) is 44.4 Å². The molecule has 1 aromatic rings. The lowest BCUT2D eigenvalue weighted by atomic mass is 10.0. The van der Waals surface area contributed by atoms with E-state index in [0.29, 0.717) is 35.4 Å². The maximum absolute atomic E-state index is 12.8. The molecule has 0 amide bonds. The van der Waals surface area contributed by atoms with Gasteiger partial charge in [0, 0.05) is 36.1 Å². The van der Waals surface area contributed by atoms with Crippen LogP contribution in [0.4, 0.5) is 0 Å². The lowest BCUT2D eigenvalue weighted by Crippen LogP contribution is -2.52. The summed E-state index contributed by atoms with van der Waals surface area (Å²) in [6.45, 7) is 7.82. The quantitative estimate of drug-likeness (QED) is 0.847. The second-order valence-electron chi connectivity index (χ2n) is 6.75. The van der Waals surface area contributed by atoms with E-state index in [-0.39, 0.29) is 0 Å². The number of sulfonamides is 1. The van der Waals surface area contributed by atoms with Crippen molar-refractivity contribution in [2.24, 2.45) is 0 Å². The highest BCUT2D eigenvalue weighted by atomic mass is 32.2. The Morgan fingerprint density at radius 1 is 1.14 bits per heavy atom. The van der Waals surface area contributed by atoms with E-state index in [9.17, 15) is 8.42 Å². The van der Waals surface area contributed by atoms with Crippen molar-refractivity contribution in [3.05, 3.63) is 17.0 Å². The molecular weight excluding hydrogens is 316 g/mol. The van der Waals surface area contributed by atoms with Gasteiger partial charge in [0.25, 0.3) is 10.0 Å². The summed E-state index contributed by atoms with van der Waals surface area (Å²) in [5.41, 5.74) is 0. The molecule has 3 rings (SSSR count). The van der Waals surface area contributed by atoms with Gasteiger partial charge in [-0.2, -0.15) is 4.31 Å². The molecule has 124 valence electrons. The van der Waals surface area contributed by atoms with Gasteiger partial charge in [0.1, 0.15) is 4.21 Å². The fourth-order valence-corrected chi connectivity index (χ4v) is 6.95. The van der Waals surface area contributed by atoms with Crippen molar-refractivity contribution in [3.63, 3.8) is 0 Å². The second-order valence-corrected chi connectivity index (χ2v) is 10.2. The molecule has 0 spiro atoms. The summed E-state index contributed by atoms with van der Waals surface area (Å²) >= 11 is 1.38. The lowest BCUT2D eigenvalue weighted by molar-refractivity contribution is 0.0980. The van der Waals surface area contributed by atoms with Crippen molar-refractivity contribution in [2.75, 3.05) is 13.1 Å². The standard InChI is InChI=1S/C16H26N2O2S2/c1-12-6-7-13(2)18(12)15-5-4-10-17(11-15)22(19,20)16-9-8-14(3)21-16/h8-9,12-13,15H,4-7,10-11H2,1-3H3/t12-,13-,15+/m1/s1. The molecule has 3 atom stereocenters. The van der Waals surface area contributed by atoms with Gasteiger partial charge in [-0.3, -0.25) is 4.90 Å². The number of nitrogens with zero attached hydrogens (tertiary/aromatic N) is 2. The molecule has 22 heavy (non-hydrogen) atoms. The Labute approximate surface area is 138 Å². The molecular formula is C16H26N2O2S2. The molecule has 1 aromatic heterocycles. The monoisotopic (exact) mass is 342 g/mol. The van der Waals surface area contributed by atoms with E-state index >= 15 is 0 Å². The van der Waals surface area contributed by atoms with Crippen LogP contribution in [-0.2, 0) is 10.0 Å². The average molecular weight is 343 g/mol. The predicted octanol–water partition coefficient (Wildman–Crippen LogP) is 3.08. The van der Waals surface area contributed by atoms with Crippen molar-refractivity contribution >= 4 is 21.4 Å². The van der Waals surface area contributed by atoms with Crippen LogP contribution in [0.5, 0.6) is 0 Å². The maximum Gasteiger partial charge on any atom is 0.252 e. The number of piperidine rings is 1. The van der Waals surface area contributed by atoms with Gasteiger partial charge >= 0.3 is 0 Å². The van der Waals surface area contributed by atoms with Crippen LogP contribution >= 0.6 is 11.3 Å². The van der Waals surface area contributed by atoms with Gasteiger partial charge in [0.05, 0.1) is 0 Å². The number of hydrogen-bond acceptors (Lipinski definition) is 4. The minimum absolute atomic E-state index is 0.372. The minimum Gasteiger partial charge on any atom is -0.294 e. The van der Waals surface area contributed by atoms with Gasteiger partial charge in [-0.05, 0) is 58.6 Å². The molecule has 2 fully saturated rings. The molecule has 4 nitrogen and oxygen atoms in total. The largest absolute Gasteiger partial charge is 0.294 e. The first kappa shape index (κ1) is 16.4. The summed E-state index contributed by atoms with van der Waals surface area (Å²) in [5, 5.41) is 0. The highest BCUT2D eigenvalue weighted by Gasteiger charge is 2.38. The average Bonchev–Trinajstić information content (AvgIpc) is 3.06. The summed E-state index contributed by atoms with van der Waals surface area (Å²) in [5.74, 6) is 0. The molecule has 2 aliphatic heterocycles. The molecule has 2 saturated heterocycles. The fourth-order valence-electron chi connectivity index (χ4n) is 4.00. The molecule has 0 aliphatic carbocycles. The third-order valence-electron chi connectivity index (χ3n) is 5.11. The highest BCUT2D eigenvalue weighted by molar-refractivity contribution is 7.91. The van der Waals surface area contributed by atoms with Crippen molar-refractivity contribution in [1.82, 2.24) is 9.21 Å². The second kappa shape index (κ2) is 6.23. The first-order chi connectivity index (χ1) is 10.4. The van der Waals surface area contributed by atoms with Crippen LogP contribution in [-0.4, -0.2) is 48.8 Å². The Bertz CT molecular complexity index is 616. The summed E-state index contributed by atoms with van der Waals surface area (Å²) in [4.78, 5) is 3.61. The van der Waals surface area contributed by atoms with Crippen LogP contribution in [0.3, 0.4) is 0 Å². The van der Waals surface area contributed by atoms with Gasteiger partial charge in [0.2, 0.25) is 0 Å². The Kier molecular flexibility index (Phi) is 4.65. The fraction of sp³-hybridized carbons (Fsp3) is 0.750. The smallest absolute Gasteiger partial charge is 0.252 e. The van der Waals surface area contributed by atoms with Crippen molar-refractivity contribution in [3.8, 4) is 0 Å². The van der Waals surface area contributed by atoms with E-state index in [1.165, 1.54) is 24.2 Å². The zero-order valence-electron chi connectivity index (χ0n) is 13.7. The van der Waals surface area contributed by atoms with Crippen LogP contribution < -0.4 is 0 Å². The highest BCUT2D eigenvalue weighted by Crippen LogP contribution is 2.32. The lowest BCUT2D eigenvalue weighted by Gasteiger charge is -2.40. The number of thiophene rings is 1. The Morgan fingerprint density at radius 2 is 1.82 bits per heavy atom. The number of rotatable bonds is 3. The van der Waals surface area contributed by atoms with Crippen molar-refractivity contribution in [2.45, 2.75) is 68.8 Å². The number of hydrogen-bond donors (Lipinski definition) is 0. The molecule has 6 heteroatoms. The third-order valence-corrected chi connectivity index (χ3v) is 8.44. The molecule has 0 saturated carbocycles. The first-order valence-corrected chi connectivity index (χ1v) is 10.5. The van der Waals surface area contributed by atoms with Crippen LogP contribution in [0.25, 0.3) is 0 Å². The maximum atomic E-state index is 12.8. The Morgan fingerprint density at radius 3 is 2.41 bits per heavy atom.